The number of alkyl halides is 3. The molecule has 0 amide bonds. The van der Waals surface area contributed by atoms with Gasteiger partial charge in [-0.3, -0.25) is 0 Å². The van der Waals surface area contributed by atoms with Crippen molar-refractivity contribution in [1.82, 2.24) is 0 Å². The van der Waals surface area contributed by atoms with Gasteiger partial charge in [-0.2, -0.15) is 0 Å². The Kier molecular flexibility index (Phi) is 3.55. The fourth-order valence-corrected chi connectivity index (χ4v) is 1.64. The van der Waals surface area contributed by atoms with E-state index in [1.54, 1.807) is 12.1 Å². The van der Waals surface area contributed by atoms with Crippen LogP contribution < -0.4 is 4.74 Å². The smallest absolute Gasteiger partial charge is 0.406 e. The lowest BCUT2D eigenvalue weighted by molar-refractivity contribution is -0.274. The first kappa shape index (κ1) is 12.5. The van der Waals surface area contributed by atoms with Crippen molar-refractivity contribution in [3.8, 4) is 5.75 Å². The number of halogens is 3. The second kappa shape index (κ2) is 5.12. The van der Waals surface area contributed by atoms with Crippen LogP contribution in [0, 0.1) is 0 Å². The van der Waals surface area contributed by atoms with Crippen molar-refractivity contribution in [2.45, 2.75) is 12.8 Å². The van der Waals surface area contributed by atoms with E-state index in [1.165, 1.54) is 12.1 Å². The van der Waals surface area contributed by atoms with E-state index in [4.69, 9.17) is 0 Å². The van der Waals surface area contributed by atoms with Gasteiger partial charge in [-0.05, 0) is 29.7 Å². The molecule has 1 nitrogen and oxygen atoms in total. The molecule has 0 aromatic heterocycles. The molecule has 4 heteroatoms. The molecule has 94 valence electrons. The Morgan fingerprint density at radius 1 is 0.778 bits per heavy atom. The van der Waals surface area contributed by atoms with Gasteiger partial charge in [0.05, 0.1) is 0 Å². The number of ether oxygens (including phenoxy) is 1. The summed E-state index contributed by atoms with van der Waals surface area (Å²) in [7, 11) is 0. The fraction of sp³-hybridized carbons (Fsp3) is 0.143. The van der Waals surface area contributed by atoms with Crippen molar-refractivity contribution in [3.63, 3.8) is 0 Å². The summed E-state index contributed by atoms with van der Waals surface area (Å²) in [6.07, 6.45) is -3.95. The van der Waals surface area contributed by atoms with Gasteiger partial charge >= 0.3 is 6.36 Å². The number of hydrogen-bond acceptors (Lipinski definition) is 1. The minimum Gasteiger partial charge on any atom is -0.406 e. The Labute approximate surface area is 103 Å². The third-order valence-electron chi connectivity index (χ3n) is 2.41. The van der Waals surface area contributed by atoms with E-state index in [0.29, 0.717) is 6.42 Å². The van der Waals surface area contributed by atoms with Gasteiger partial charge in [-0.15, -0.1) is 13.2 Å². The summed E-state index contributed by atoms with van der Waals surface area (Å²) in [5.74, 6) is -0.195. The molecule has 0 radical (unpaired) electrons. The SMILES string of the molecule is FC(F)(F)Oc1ccc(Cc2ccccc2)cc1. The van der Waals surface area contributed by atoms with Crippen molar-refractivity contribution in [1.29, 1.82) is 0 Å². The molecule has 0 aliphatic carbocycles. The average molecular weight is 252 g/mol. The molecule has 2 aromatic carbocycles. The molecule has 0 heterocycles. The van der Waals surface area contributed by atoms with Crippen molar-refractivity contribution in [2.75, 3.05) is 0 Å². The van der Waals surface area contributed by atoms with Crippen LogP contribution >= 0.6 is 0 Å². The van der Waals surface area contributed by atoms with Crippen LogP contribution in [0.3, 0.4) is 0 Å². The van der Waals surface area contributed by atoms with Crippen LogP contribution in [0.5, 0.6) is 5.75 Å². The summed E-state index contributed by atoms with van der Waals surface area (Å²) in [5.41, 5.74) is 2.05. The van der Waals surface area contributed by atoms with E-state index < -0.39 is 6.36 Å². The Hall–Kier alpha value is -1.97. The largest absolute Gasteiger partial charge is 0.573 e. The maximum Gasteiger partial charge on any atom is 0.573 e. The van der Waals surface area contributed by atoms with Crippen LogP contribution in [0.2, 0.25) is 0 Å². The summed E-state index contributed by atoms with van der Waals surface area (Å²) in [6, 6.07) is 15.6. The molecule has 0 atom stereocenters. The van der Waals surface area contributed by atoms with Crippen LogP contribution in [0.15, 0.2) is 54.6 Å². The highest BCUT2D eigenvalue weighted by atomic mass is 19.4. The van der Waals surface area contributed by atoms with Gasteiger partial charge < -0.3 is 4.74 Å². The van der Waals surface area contributed by atoms with Gasteiger partial charge in [0.2, 0.25) is 0 Å². The standard InChI is InChI=1S/C14H11F3O/c15-14(16,17)18-13-8-6-12(7-9-13)10-11-4-2-1-3-5-11/h1-9H,10H2. The second-order valence-electron chi connectivity index (χ2n) is 3.85. The topological polar surface area (TPSA) is 9.23 Å². The maximum absolute atomic E-state index is 12.0. The highest BCUT2D eigenvalue weighted by Crippen LogP contribution is 2.23. The zero-order valence-electron chi connectivity index (χ0n) is 9.45. The summed E-state index contributed by atoms with van der Waals surface area (Å²) in [6.45, 7) is 0. The first-order chi connectivity index (χ1) is 8.53. The third kappa shape index (κ3) is 3.80. The van der Waals surface area contributed by atoms with E-state index >= 15 is 0 Å². The van der Waals surface area contributed by atoms with Crippen LogP contribution in [0.4, 0.5) is 13.2 Å². The summed E-state index contributed by atoms with van der Waals surface area (Å²) < 4.78 is 39.7. The molecule has 2 aromatic rings. The van der Waals surface area contributed by atoms with Crippen LogP contribution in [-0.2, 0) is 6.42 Å². The number of hydrogen-bond donors (Lipinski definition) is 0. The van der Waals surface area contributed by atoms with Crippen LogP contribution in [0.1, 0.15) is 11.1 Å². The lowest BCUT2D eigenvalue weighted by atomic mass is 10.1. The first-order valence-corrected chi connectivity index (χ1v) is 5.41. The quantitative estimate of drug-likeness (QED) is 0.796. The fourth-order valence-electron chi connectivity index (χ4n) is 1.64. The zero-order valence-corrected chi connectivity index (χ0v) is 9.45. The van der Waals surface area contributed by atoms with Gasteiger partial charge in [0.25, 0.3) is 0 Å². The van der Waals surface area contributed by atoms with E-state index in [0.717, 1.165) is 11.1 Å². The summed E-state index contributed by atoms with van der Waals surface area (Å²) in [4.78, 5) is 0. The van der Waals surface area contributed by atoms with Gasteiger partial charge in [-0.25, -0.2) is 0 Å². The molecule has 0 saturated carbocycles. The van der Waals surface area contributed by atoms with Gasteiger partial charge in [0, 0.05) is 0 Å². The van der Waals surface area contributed by atoms with Crippen molar-refractivity contribution in [3.05, 3.63) is 65.7 Å². The van der Waals surface area contributed by atoms with Gasteiger partial charge in [0.1, 0.15) is 5.75 Å². The Bertz CT molecular complexity index is 489. The van der Waals surface area contributed by atoms with Crippen molar-refractivity contribution in [2.24, 2.45) is 0 Å². The van der Waals surface area contributed by atoms with E-state index in [9.17, 15) is 13.2 Å². The Balaban J connectivity index is 2.04. The zero-order chi connectivity index (χ0) is 13.0. The predicted molar refractivity (Wildman–Crippen MR) is 62.4 cm³/mol. The molecule has 0 spiro atoms. The predicted octanol–water partition coefficient (Wildman–Crippen LogP) is 4.18. The summed E-state index contributed by atoms with van der Waals surface area (Å²) in [5, 5.41) is 0. The molecule has 0 fully saturated rings. The van der Waals surface area contributed by atoms with Crippen molar-refractivity contribution < 1.29 is 17.9 Å². The first-order valence-electron chi connectivity index (χ1n) is 5.41. The number of rotatable bonds is 3. The van der Waals surface area contributed by atoms with Crippen molar-refractivity contribution >= 4 is 0 Å². The molecular weight excluding hydrogens is 241 g/mol. The third-order valence-corrected chi connectivity index (χ3v) is 2.41. The Morgan fingerprint density at radius 2 is 1.33 bits per heavy atom. The number of benzene rings is 2. The van der Waals surface area contributed by atoms with E-state index in [1.807, 2.05) is 30.3 Å². The molecule has 2 rings (SSSR count). The average Bonchev–Trinajstić information content (AvgIpc) is 2.31. The van der Waals surface area contributed by atoms with Gasteiger partial charge in [0.15, 0.2) is 0 Å². The highest BCUT2D eigenvalue weighted by Gasteiger charge is 2.30. The molecule has 18 heavy (non-hydrogen) atoms. The second-order valence-corrected chi connectivity index (χ2v) is 3.85. The minimum atomic E-state index is -4.64. The van der Waals surface area contributed by atoms with E-state index in [2.05, 4.69) is 4.74 Å². The molecule has 0 saturated heterocycles. The lowest BCUT2D eigenvalue weighted by Gasteiger charge is -2.09. The lowest BCUT2D eigenvalue weighted by Crippen LogP contribution is -2.17. The maximum atomic E-state index is 12.0. The van der Waals surface area contributed by atoms with E-state index in [-0.39, 0.29) is 5.75 Å². The molecule has 0 unspecified atom stereocenters. The van der Waals surface area contributed by atoms with Crippen LogP contribution in [-0.4, -0.2) is 6.36 Å². The van der Waals surface area contributed by atoms with Gasteiger partial charge in [-0.1, -0.05) is 42.5 Å². The monoisotopic (exact) mass is 252 g/mol. The minimum absolute atomic E-state index is 0.195. The highest BCUT2D eigenvalue weighted by molar-refractivity contribution is 5.31. The molecule has 0 aliphatic rings. The molecule has 0 bridgehead atoms. The Morgan fingerprint density at radius 3 is 1.89 bits per heavy atom. The van der Waals surface area contributed by atoms with Crippen LogP contribution in [0.25, 0.3) is 0 Å². The molecule has 0 N–H and O–H groups in total. The normalized spacial score (nSPS) is 11.3. The molecule has 0 aliphatic heterocycles. The summed E-state index contributed by atoms with van der Waals surface area (Å²) >= 11 is 0. The molecular formula is C14H11F3O.